The molecule has 2 aromatic carbocycles. The molecule has 1 aliphatic rings. The van der Waals surface area contributed by atoms with Gasteiger partial charge in [0.2, 0.25) is 10.0 Å². The molecule has 0 bridgehead atoms. The fourth-order valence-corrected chi connectivity index (χ4v) is 6.21. The van der Waals surface area contributed by atoms with E-state index in [1.807, 2.05) is 19.9 Å². The van der Waals surface area contributed by atoms with E-state index in [1.165, 1.54) is 23.5 Å². The van der Waals surface area contributed by atoms with E-state index in [0.717, 1.165) is 11.1 Å². The Bertz CT molecular complexity index is 1130. The zero-order valence-electron chi connectivity index (χ0n) is 16.3. The molecular formula is C19H24N2O5S2. The number of anilines is 2. The lowest BCUT2D eigenvalue weighted by molar-refractivity contribution is 0.417. The molecule has 3 rings (SSSR count). The van der Waals surface area contributed by atoms with Crippen LogP contribution in [-0.4, -0.2) is 36.2 Å². The number of rotatable bonds is 5. The number of nitrogens with one attached hydrogen (secondary N) is 1. The van der Waals surface area contributed by atoms with Crippen molar-refractivity contribution in [3.05, 3.63) is 47.0 Å². The number of methoxy groups -OCH3 is 1. The van der Waals surface area contributed by atoms with Crippen LogP contribution >= 0.6 is 0 Å². The molecule has 0 amide bonds. The lowest BCUT2D eigenvalue weighted by atomic mass is 10.1. The molecule has 1 heterocycles. The topological polar surface area (TPSA) is 92.8 Å². The second-order valence-electron chi connectivity index (χ2n) is 6.93. The van der Waals surface area contributed by atoms with Crippen molar-refractivity contribution in [3.8, 4) is 5.75 Å². The maximum absolute atomic E-state index is 12.9. The molecule has 1 fully saturated rings. The zero-order valence-corrected chi connectivity index (χ0v) is 17.9. The number of nitrogens with zero attached hydrogens (tertiary/aromatic N) is 1. The molecular weight excluding hydrogens is 400 g/mol. The van der Waals surface area contributed by atoms with Crippen LogP contribution in [0, 0.1) is 20.8 Å². The Morgan fingerprint density at radius 1 is 1.04 bits per heavy atom. The molecule has 0 radical (unpaired) electrons. The van der Waals surface area contributed by atoms with Gasteiger partial charge in [-0.1, -0.05) is 6.07 Å². The Kier molecular flexibility index (Phi) is 5.33. The van der Waals surface area contributed by atoms with Gasteiger partial charge in [-0.15, -0.1) is 0 Å². The Hall–Kier alpha value is -2.26. The SMILES string of the molecule is COc1cc(N2CCCS2(=O)=O)ccc1NS(=O)(=O)c1cc(C)c(C)cc1C. The van der Waals surface area contributed by atoms with Crippen LogP contribution in [0.25, 0.3) is 0 Å². The number of sulfonamides is 2. The van der Waals surface area contributed by atoms with Crippen LogP contribution in [0.2, 0.25) is 0 Å². The third kappa shape index (κ3) is 3.81. The van der Waals surface area contributed by atoms with Crippen molar-refractivity contribution < 1.29 is 21.6 Å². The summed E-state index contributed by atoms with van der Waals surface area (Å²) in [5, 5.41) is 0. The highest BCUT2D eigenvalue weighted by molar-refractivity contribution is 7.93. The number of aryl methyl sites for hydroxylation is 3. The molecule has 0 unspecified atom stereocenters. The fourth-order valence-electron chi connectivity index (χ4n) is 3.27. The molecule has 152 valence electrons. The van der Waals surface area contributed by atoms with Crippen LogP contribution in [0.15, 0.2) is 35.2 Å². The quantitative estimate of drug-likeness (QED) is 0.797. The van der Waals surface area contributed by atoms with Gasteiger partial charge in [0.1, 0.15) is 5.75 Å². The van der Waals surface area contributed by atoms with Crippen molar-refractivity contribution in [1.82, 2.24) is 0 Å². The molecule has 0 saturated carbocycles. The maximum atomic E-state index is 12.9. The highest BCUT2D eigenvalue weighted by atomic mass is 32.2. The average molecular weight is 425 g/mol. The first-order valence-corrected chi connectivity index (χ1v) is 11.9. The third-order valence-electron chi connectivity index (χ3n) is 4.90. The van der Waals surface area contributed by atoms with Crippen molar-refractivity contribution in [2.75, 3.05) is 28.4 Å². The number of benzene rings is 2. The second kappa shape index (κ2) is 7.29. The van der Waals surface area contributed by atoms with Crippen LogP contribution in [0.4, 0.5) is 11.4 Å². The maximum Gasteiger partial charge on any atom is 0.262 e. The smallest absolute Gasteiger partial charge is 0.262 e. The highest BCUT2D eigenvalue weighted by Gasteiger charge is 2.29. The van der Waals surface area contributed by atoms with Gasteiger partial charge in [0, 0.05) is 12.6 Å². The van der Waals surface area contributed by atoms with E-state index in [0.29, 0.717) is 24.2 Å². The molecule has 0 aromatic heterocycles. The van der Waals surface area contributed by atoms with E-state index in [9.17, 15) is 16.8 Å². The molecule has 1 aliphatic heterocycles. The van der Waals surface area contributed by atoms with Crippen LogP contribution < -0.4 is 13.8 Å². The minimum Gasteiger partial charge on any atom is -0.494 e. The molecule has 7 nitrogen and oxygen atoms in total. The standard InChI is InChI=1S/C19H24N2O5S2/c1-13-10-15(3)19(11-14(13)2)28(24,25)20-17-7-6-16(12-18(17)26-4)21-8-5-9-27(21,22)23/h6-7,10-12,20H,5,8-9H2,1-4H3. The van der Waals surface area contributed by atoms with Crippen molar-refractivity contribution >= 4 is 31.4 Å². The molecule has 2 aromatic rings. The van der Waals surface area contributed by atoms with Crippen LogP contribution in [0.3, 0.4) is 0 Å². The summed E-state index contributed by atoms with van der Waals surface area (Å²) in [4.78, 5) is 0.198. The van der Waals surface area contributed by atoms with Crippen molar-refractivity contribution in [2.45, 2.75) is 32.1 Å². The largest absolute Gasteiger partial charge is 0.494 e. The molecule has 0 atom stereocenters. The highest BCUT2D eigenvalue weighted by Crippen LogP contribution is 2.34. The zero-order chi connectivity index (χ0) is 20.7. The van der Waals surface area contributed by atoms with E-state index >= 15 is 0 Å². The minimum absolute atomic E-state index is 0.107. The molecule has 1 N–H and O–H groups in total. The molecule has 0 aliphatic carbocycles. The summed E-state index contributed by atoms with van der Waals surface area (Å²) in [5.41, 5.74) is 3.26. The van der Waals surface area contributed by atoms with E-state index in [-0.39, 0.29) is 22.1 Å². The summed E-state index contributed by atoms with van der Waals surface area (Å²) >= 11 is 0. The van der Waals surface area contributed by atoms with E-state index < -0.39 is 20.0 Å². The Morgan fingerprint density at radius 2 is 1.71 bits per heavy atom. The normalized spacial score (nSPS) is 16.2. The van der Waals surface area contributed by atoms with Crippen LogP contribution in [0.5, 0.6) is 5.75 Å². The van der Waals surface area contributed by atoms with Gasteiger partial charge >= 0.3 is 0 Å². The first-order valence-electron chi connectivity index (χ1n) is 8.84. The van der Waals surface area contributed by atoms with Gasteiger partial charge in [-0.05, 0) is 62.1 Å². The Balaban J connectivity index is 1.97. The van der Waals surface area contributed by atoms with Gasteiger partial charge in [-0.2, -0.15) is 0 Å². The van der Waals surface area contributed by atoms with Crippen molar-refractivity contribution in [2.24, 2.45) is 0 Å². The van der Waals surface area contributed by atoms with E-state index in [1.54, 1.807) is 19.1 Å². The fraction of sp³-hybridized carbons (Fsp3) is 0.368. The summed E-state index contributed by atoms with van der Waals surface area (Å²) in [6.07, 6.45) is 0.561. The van der Waals surface area contributed by atoms with Gasteiger partial charge in [0.05, 0.1) is 29.1 Å². The Labute approximate surface area is 166 Å². The molecule has 28 heavy (non-hydrogen) atoms. The van der Waals surface area contributed by atoms with Gasteiger partial charge in [0.15, 0.2) is 0 Å². The summed E-state index contributed by atoms with van der Waals surface area (Å²) in [6.45, 7) is 5.94. The van der Waals surface area contributed by atoms with Crippen LogP contribution in [0.1, 0.15) is 23.1 Å². The number of ether oxygens (including phenoxy) is 1. The third-order valence-corrected chi connectivity index (χ3v) is 8.27. The minimum atomic E-state index is -3.83. The lowest BCUT2D eigenvalue weighted by Crippen LogP contribution is -2.25. The van der Waals surface area contributed by atoms with Gasteiger partial charge in [-0.3, -0.25) is 9.03 Å². The number of hydrogen-bond donors (Lipinski definition) is 1. The average Bonchev–Trinajstić information content (AvgIpc) is 2.97. The predicted octanol–water partition coefficient (Wildman–Crippen LogP) is 2.96. The molecule has 1 saturated heterocycles. The van der Waals surface area contributed by atoms with Gasteiger partial charge < -0.3 is 4.74 Å². The molecule has 0 spiro atoms. The summed E-state index contributed by atoms with van der Waals surface area (Å²) < 4.78 is 59.3. The Morgan fingerprint density at radius 3 is 2.32 bits per heavy atom. The number of hydrogen-bond acceptors (Lipinski definition) is 5. The summed E-state index contributed by atoms with van der Waals surface area (Å²) in [6, 6.07) is 8.12. The summed E-state index contributed by atoms with van der Waals surface area (Å²) in [5.74, 6) is 0.361. The van der Waals surface area contributed by atoms with Crippen molar-refractivity contribution in [3.63, 3.8) is 0 Å². The monoisotopic (exact) mass is 424 g/mol. The molecule has 9 heteroatoms. The van der Waals surface area contributed by atoms with Gasteiger partial charge in [0.25, 0.3) is 10.0 Å². The van der Waals surface area contributed by atoms with Crippen molar-refractivity contribution in [1.29, 1.82) is 0 Å². The first-order chi connectivity index (χ1) is 13.0. The summed E-state index contributed by atoms with van der Waals surface area (Å²) in [7, 11) is -5.75. The van der Waals surface area contributed by atoms with Crippen LogP contribution in [-0.2, 0) is 20.0 Å². The van der Waals surface area contributed by atoms with E-state index in [4.69, 9.17) is 4.74 Å². The van der Waals surface area contributed by atoms with E-state index in [2.05, 4.69) is 4.72 Å². The second-order valence-corrected chi connectivity index (χ2v) is 10.6. The van der Waals surface area contributed by atoms with Gasteiger partial charge in [-0.25, -0.2) is 16.8 Å². The first kappa shape index (κ1) is 20.5. The predicted molar refractivity (Wildman–Crippen MR) is 110 cm³/mol. The lowest BCUT2D eigenvalue weighted by Gasteiger charge is -2.20.